The minimum absolute atomic E-state index is 0.100. The van der Waals surface area contributed by atoms with Crippen molar-refractivity contribution in [2.75, 3.05) is 5.32 Å². The quantitative estimate of drug-likeness (QED) is 0.300. The van der Waals surface area contributed by atoms with Crippen molar-refractivity contribution in [3.63, 3.8) is 0 Å². The van der Waals surface area contributed by atoms with Gasteiger partial charge in [-0.2, -0.15) is 0 Å². The average molecular weight is 574 g/mol. The van der Waals surface area contributed by atoms with E-state index in [4.69, 9.17) is 4.74 Å². The number of aryl methyl sites for hydroxylation is 1. The molecule has 4 rings (SSSR count). The van der Waals surface area contributed by atoms with E-state index in [0.29, 0.717) is 11.5 Å². The van der Waals surface area contributed by atoms with E-state index in [-0.39, 0.29) is 11.4 Å². The number of thioether (sulfide) groups is 1. The lowest BCUT2D eigenvalue weighted by Crippen LogP contribution is -2.30. The zero-order valence-electron chi connectivity index (χ0n) is 17.4. The van der Waals surface area contributed by atoms with E-state index < -0.39 is 0 Å². The van der Waals surface area contributed by atoms with Crippen molar-refractivity contribution in [2.24, 2.45) is 0 Å². The predicted octanol–water partition coefficient (Wildman–Crippen LogP) is 6.95. The molecule has 0 radical (unpaired) electrons. The number of benzene rings is 3. The van der Waals surface area contributed by atoms with E-state index in [0.717, 1.165) is 37.9 Å². The average Bonchev–Trinajstić information content (AvgIpc) is 3.13. The largest absolute Gasteiger partial charge is 0.488 e. The molecule has 1 aliphatic rings. The van der Waals surface area contributed by atoms with Crippen LogP contribution >= 0.6 is 43.6 Å². The molecule has 7 heteroatoms. The Morgan fingerprint density at radius 3 is 2.41 bits per heavy atom. The van der Waals surface area contributed by atoms with E-state index >= 15 is 0 Å². The monoisotopic (exact) mass is 572 g/mol. The second kappa shape index (κ2) is 10.6. The molecule has 3 aromatic carbocycles. The first-order valence-electron chi connectivity index (χ1n) is 10.2. The summed E-state index contributed by atoms with van der Waals surface area (Å²) in [5.74, 6) is 0.625. The fraction of sp³-hybridized carbons (Fsp3) is 0.160. The van der Waals surface area contributed by atoms with Crippen LogP contribution in [0.2, 0.25) is 0 Å². The summed E-state index contributed by atoms with van der Waals surface area (Å²) in [4.78, 5) is 13.2. The summed E-state index contributed by atoms with van der Waals surface area (Å²) in [6, 6.07) is 22.1. The van der Waals surface area contributed by atoms with Gasteiger partial charge >= 0.3 is 0 Å². The van der Waals surface area contributed by atoms with Crippen LogP contribution in [0.1, 0.15) is 23.6 Å². The summed E-state index contributed by atoms with van der Waals surface area (Å²) in [5.41, 5.74) is 3.95. The Kier molecular flexibility index (Phi) is 7.60. The lowest BCUT2D eigenvalue weighted by Gasteiger charge is -2.13. The highest BCUT2D eigenvalue weighted by Crippen LogP contribution is 2.33. The van der Waals surface area contributed by atoms with E-state index in [1.54, 1.807) is 0 Å². The van der Waals surface area contributed by atoms with Gasteiger partial charge in [0.05, 0.1) is 4.91 Å². The molecular weight excluding hydrogens is 552 g/mol. The topological polar surface area (TPSA) is 50.4 Å². The van der Waals surface area contributed by atoms with Crippen LogP contribution < -0.4 is 15.4 Å². The molecule has 1 amide bonds. The standard InChI is InChI=1S/C25H22Br2N2O2S/c1-2-16-5-10-21(11-6-16)28-25-29-24(30)23(32-25)14-18-13-20(27)9-12-22(18)31-15-17-3-7-19(26)8-4-17/h3-14,25,28H,2,15H2,1H3,(H,29,30)/b23-14-/t25-/m1/s1. The maximum absolute atomic E-state index is 12.6. The number of amides is 1. The first-order chi connectivity index (χ1) is 15.5. The molecule has 0 aromatic heterocycles. The molecule has 0 bridgehead atoms. The van der Waals surface area contributed by atoms with Crippen molar-refractivity contribution in [1.82, 2.24) is 5.32 Å². The van der Waals surface area contributed by atoms with Crippen molar-refractivity contribution in [2.45, 2.75) is 25.4 Å². The molecule has 164 valence electrons. The van der Waals surface area contributed by atoms with Crippen molar-refractivity contribution < 1.29 is 9.53 Å². The van der Waals surface area contributed by atoms with Gasteiger partial charge in [-0.25, -0.2) is 0 Å². The Balaban J connectivity index is 1.47. The van der Waals surface area contributed by atoms with Gasteiger partial charge in [-0.15, -0.1) is 0 Å². The lowest BCUT2D eigenvalue weighted by molar-refractivity contribution is -0.116. The molecule has 0 unspecified atom stereocenters. The second-order valence-corrected chi connectivity index (χ2v) is 10.3. The van der Waals surface area contributed by atoms with E-state index in [1.807, 2.05) is 60.7 Å². The minimum atomic E-state index is -0.222. The molecule has 4 nitrogen and oxygen atoms in total. The maximum atomic E-state index is 12.6. The Morgan fingerprint density at radius 2 is 1.69 bits per heavy atom. The first kappa shape index (κ1) is 23.0. The summed E-state index contributed by atoms with van der Waals surface area (Å²) in [6.45, 7) is 2.58. The van der Waals surface area contributed by atoms with Gasteiger partial charge in [0, 0.05) is 20.2 Å². The zero-order chi connectivity index (χ0) is 22.5. The van der Waals surface area contributed by atoms with Crippen LogP contribution in [0.4, 0.5) is 5.69 Å². The van der Waals surface area contributed by atoms with Crippen LogP contribution in [-0.4, -0.2) is 11.4 Å². The molecular formula is C25H22Br2N2O2S. The summed E-state index contributed by atoms with van der Waals surface area (Å²) < 4.78 is 8.03. The van der Waals surface area contributed by atoms with Crippen molar-refractivity contribution in [3.8, 4) is 5.75 Å². The van der Waals surface area contributed by atoms with E-state index in [9.17, 15) is 4.79 Å². The number of carbonyl (C=O) groups excluding carboxylic acids is 1. The molecule has 1 aliphatic heterocycles. The SMILES string of the molecule is CCc1ccc(N[C@@H]2NC(=O)/C(=C/c3cc(Br)ccc3OCc3ccc(Br)cc3)S2)cc1. The van der Waals surface area contributed by atoms with Crippen LogP contribution in [0.15, 0.2) is 80.6 Å². The molecule has 3 aromatic rings. The van der Waals surface area contributed by atoms with Gasteiger partial charge in [-0.3, -0.25) is 4.79 Å². The number of hydrogen-bond acceptors (Lipinski definition) is 4. The molecule has 0 aliphatic carbocycles. The van der Waals surface area contributed by atoms with Gasteiger partial charge in [0.25, 0.3) is 5.91 Å². The van der Waals surface area contributed by atoms with Crippen molar-refractivity contribution >= 4 is 61.3 Å². The van der Waals surface area contributed by atoms with E-state index in [1.165, 1.54) is 17.3 Å². The third-order valence-corrected chi connectivity index (χ3v) is 7.01. The fourth-order valence-electron chi connectivity index (χ4n) is 3.20. The Hall–Kier alpha value is -2.22. The molecule has 2 N–H and O–H groups in total. The highest BCUT2D eigenvalue weighted by molar-refractivity contribution is 9.10. The van der Waals surface area contributed by atoms with Crippen LogP contribution in [-0.2, 0) is 17.8 Å². The molecule has 32 heavy (non-hydrogen) atoms. The fourth-order valence-corrected chi connectivity index (χ4v) is 4.82. The Morgan fingerprint density at radius 1 is 1.00 bits per heavy atom. The lowest BCUT2D eigenvalue weighted by atomic mass is 10.1. The van der Waals surface area contributed by atoms with Gasteiger partial charge in [0.15, 0.2) is 5.50 Å². The van der Waals surface area contributed by atoms with E-state index in [2.05, 4.69) is 61.5 Å². The molecule has 0 saturated carbocycles. The van der Waals surface area contributed by atoms with Crippen LogP contribution in [0.3, 0.4) is 0 Å². The summed E-state index contributed by atoms with van der Waals surface area (Å²) >= 11 is 8.43. The third-order valence-electron chi connectivity index (χ3n) is 4.96. The summed E-state index contributed by atoms with van der Waals surface area (Å²) in [5, 5.41) is 6.35. The predicted molar refractivity (Wildman–Crippen MR) is 140 cm³/mol. The second-order valence-electron chi connectivity index (χ2n) is 7.27. The highest BCUT2D eigenvalue weighted by Gasteiger charge is 2.27. The van der Waals surface area contributed by atoms with Crippen molar-refractivity contribution in [1.29, 1.82) is 0 Å². The van der Waals surface area contributed by atoms with Gasteiger partial charge in [-0.05, 0) is 66.1 Å². The number of hydrogen-bond donors (Lipinski definition) is 2. The van der Waals surface area contributed by atoms with Gasteiger partial charge < -0.3 is 15.4 Å². The van der Waals surface area contributed by atoms with Crippen LogP contribution in [0.5, 0.6) is 5.75 Å². The maximum Gasteiger partial charge on any atom is 0.260 e. The molecule has 1 heterocycles. The van der Waals surface area contributed by atoms with Gasteiger partial charge in [-0.1, -0.05) is 74.8 Å². The molecule has 1 fully saturated rings. The molecule has 1 atom stereocenters. The number of anilines is 1. The third kappa shape index (κ3) is 5.97. The summed E-state index contributed by atoms with van der Waals surface area (Å²) in [7, 11) is 0. The Labute approximate surface area is 209 Å². The summed E-state index contributed by atoms with van der Waals surface area (Å²) in [6.07, 6.45) is 2.88. The number of halogens is 2. The zero-order valence-corrected chi connectivity index (χ0v) is 21.4. The molecule has 0 spiro atoms. The highest BCUT2D eigenvalue weighted by atomic mass is 79.9. The normalized spacial score (nSPS) is 16.8. The van der Waals surface area contributed by atoms with Crippen molar-refractivity contribution in [3.05, 3.63) is 97.3 Å². The first-order valence-corrected chi connectivity index (χ1v) is 12.7. The smallest absolute Gasteiger partial charge is 0.260 e. The molecule has 1 saturated heterocycles. The van der Waals surface area contributed by atoms with Crippen LogP contribution in [0.25, 0.3) is 6.08 Å². The number of rotatable bonds is 7. The number of carbonyl (C=O) groups is 1. The number of ether oxygens (including phenoxy) is 1. The number of nitrogens with one attached hydrogen (secondary N) is 2. The van der Waals surface area contributed by atoms with Gasteiger partial charge in [0.2, 0.25) is 0 Å². The minimum Gasteiger partial charge on any atom is -0.488 e. The van der Waals surface area contributed by atoms with Gasteiger partial charge in [0.1, 0.15) is 12.4 Å². The Bertz CT molecular complexity index is 1130. The van der Waals surface area contributed by atoms with Crippen LogP contribution in [0, 0.1) is 0 Å².